The first-order valence-electron chi connectivity index (χ1n) is 11.5. The van der Waals surface area contributed by atoms with Crippen LogP contribution >= 0.6 is 0 Å². The van der Waals surface area contributed by atoms with Crippen molar-refractivity contribution in [2.75, 3.05) is 47.2 Å². The predicted molar refractivity (Wildman–Crippen MR) is 122 cm³/mol. The smallest absolute Gasteiger partial charge is 0.228 e. The highest BCUT2D eigenvalue weighted by molar-refractivity contribution is 7.85. The first-order valence-corrected chi connectivity index (χ1v) is 12.8. The van der Waals surface area contributed by atoms with Crippen molar-refractivity contribution >= 4 is 28.3 Å². The quantitative estimate of drug-likeness (QED) is 0.757. The standard InChI is InChI=1S/C23H28FN5O2S/c1-14-19-13-29(20(14)12-28(19)17-4-2-15(24)3-5-17)23-26-18-8-11-32(30)21(18)22(27-23)25-16-6-9-31-10-7-16/h2-5,14,16,19-20H,6-13H2,1H3,(H,25,26,27)/t14-,19?,20?,32?/m0/s1. The third-order valence-electron chi connectivity index (χ3n) is 7.44. The van der Waals surface area contributed by atoms with Crippen LogP contribution < -0.4 is 15.1 Å². The molecular formula is C23H28FN5O2S. The van der Waals surface area contributed by atoms with Crippen molar-refractivity contribution in [3.63, 3.8) is 0 Å². The normalized spacial score (nSPS) is 29.6. The number of aromatic nitrogens is 2. The van der Waals surface area contributed by atoms with E-state index in [1.165, 1.54) is 12.1 Å². The van der Waals surface area contributed by atoms with E-state index in [2.05, 4.69) is 22.0 Å². The molecule has 0 saturated carbocycles. The Kier molecular flexibility index (Phi) is 5.06. The molecule has 5 heterocycles. The van der Waals surface area contributed by atoms with Crippen LogP contribution in [0, 0.1) is 11.7 Å². The van der Waals surface area contributed by atoms with Gasteiger partial charge in [0.25, 0.3) is 0 Å². The van der Waals surface area contributed by atoms with Crippen molar-refractivity contribution in [3.8, 4) is 0 Å². The maximum Gasteiger partial charge on any atom is 0.228 e. The van der Waals surface area contributed by atoms with Gasteiger partial charge in [0.2, 0.25) is 5.95 Å². The van der Waals surface area contributed by atoms with Gasteiger partial charge in [-0.25, -0.2) is 9.37 Å². The molecule has 4 aliphatic rings. The molecule has 0 spiro atoms. The third-order valence-corrected chi connectivity index (χ3v) is 8.89. The molecule has 32 heavy (non-hydrogen) atoms. The van der Waals surface area contributed by atoms with E-state index < -0.39 is 10.8 Å². The number of fused-ring (bicyclic) bond motifs is 3. The van der Waals surface area contributed by atoms with Crippen molar-refractivity contribution in [3.05, 3.63) is 35.8 Å². The van der Waals surface area contributed by atoms with Crippen LogP contribution in [-0.2, 0) is 22.0 Å². The maximum absolute atomic E-state index is 13.4. The number of hydrogen-bond acceptors (Lipinski definition) is 7. The highest BCUT2D eigenvalue weighted by Crippen LogP contribution is 2.41. The van der Waals surface area contributed by atoms with Crippen LogP contribution in [0.4, 0.5) is 21.8 Å². The minimum atomic E-state index is -1.04. The first-order chi connectivity index (χ1) is 15.6. The predicted octanol–water partition coefficient (Wildman–Crippen LogP) is 2.58. The summed E-state index contributed by atoms with van der Waals surface area (Å²) in [6.45, 7) is 5.47. The molecule has 4 aliphatic heterocycles. The van der Waals surface area contributed by atoms with E-state index >= 15 is 0 Å². The van der Waals surface area contributed by atoms with E-state index in [4.69, 9.17) is 14.7 Å². The largest absolute Gasteiger partial charge is 0.381 e. The highest BCUT2D eigenvalue weighted by atomic mass is 32.2. The molecule has 2 bridgehead atoms. The third kappa shape index (κ3) is 3.37. The van der Waals surface area contributed by atoms with Crippen LogP contribution in [-0.4, -0.2) is 64.4 Å². The van der Waals surface area contributed by atoms with Crippen LogP contribution in [0.3, 0.4) is 0 Å². The molecule has 6 rings (SSSR count). The van der Waals surface area contributed by atoms with Gasteiger partial charge in [0.1, 0.15) is 16.5 Å². The van der Waals surface area contributed by atoms with E-state index in [1.54, 1.807) is 0 Å². The van der Waals surface area contributed by atoms with E-state index in [-0.39, 0.29) is 11.9 Å². The Morgan fingerprint density at radius 2 is 1.81 bits per heavy atom. The number of benzene rings is 1. The Bertz CT molecular complexity index is 1050. The number of halogens is 1. The fourth-order valence-electron chi connectivity index (χ4n) is 5.63. The number of anilines is 3. The molecule has 1 N–H and O–H groups in total. The van der Waals surface area contributed by atoms with Gasteiger partial charge < -0.3 is 19.9 Å². The highest BCUT2D eigenvalue weighted by Gasteiger charge is 2.50. The number of ether oxygens (including phenoxy) is 1. The van der Waals surface area contributed by atoms with Gasteiger partial charge in [0.15, 0.2) is 0 Å². The number of nitrogens with one attached hydrogen (secondary N) is 1. The minimum absolute atomic E-state index is 0.207. The lowest BCUT2D eigenvalue weighted by Crippen LogP contribution is -2.47. The Morgan fingerprint density at radius 1 is 1.09 bits per heavy atom. The molecule has 9 heteroatoms. The van der Waals surface area contributed by atoms with Crippen LogP contribution in [0.25, 0.3) is 0 Å². The molecule has 1 aromatic heterocycles. The summed E-state index contributed by atoms with van der Waals surface area (Å²) < 4.78 is 31.6. The average molecular weight is 458 g/mol. The van der Waals surface area contributed by atoms with Gasteiger partial charge in [-0.15, -0.1) is 0 Å². The maximum atomic E-state index is 13.4. The lowest BCUT2D eigenvalue weighted by molar-refractivity contribution is 0.0903. The summed E-state index contributed by atoms with van der Waals surface area (Å²) >= 11 is 0. The Morgan fingerprint density at radius 3 is 2.53 bits per heavy atom. The second-order valence-electron chi connectivity index (χ2n) is 9.25. The molecule has 1 aromatic carbocycles. The monoisotopic (exact) mass is 457 g/mol. The van der Waals surface area contributed by atoms with Crippen molar-refractivity contribution < 1.29 is 13.3 Å². The second-order valence-corrected chi connectivity index (χ2v) is 10.8. The first kappa shape index (κ1) is 20.4. The fourth-order valence-corrected chi connectivity index (χ4v) is 6.95. The van der Waals surface area contributed by atoms with Gasteiger partial charge in [-0.05, 0) is 37.1 Å². The SMILES string of the molecule is C[C@H]1C2CN(c3nc4c(c(NC5CCOCC5)n3)S(=O)CC4)C1CN2c1ccc(F)cc1. The Hall–Kier alpha value is -2.26. The summed E-state index contributed by atoms with van der Waals surface area (Å²) in [5, 5.41) is 3.57. The molecule has 3 unspecified atom stereocenters. The number of rotatable bonds is 4. The fraction of sp³-hybridized carbons (Fsp3) is 0.565. The van der Waals surface area contributed by atoms with Gasteiger partial charge in [-0.1, -0.05) is 6.92 Å². The summed E-state index contributed by atoms with van der Waals surface area (Å²) in [4.78, 5) is 15.3. The summed E-state index contributed by atoms with van der Waals surface area (Å²) in [6, 6.07) is 7.71. The number of nitrogens with zero attached hydrogens (tertiary/aromatic N) is 4. The lowest BCUT2D eigenvalue weighted by Gasteiger charge is -2.36. The van der Waals surface area contributed by atoms with Gasteiger partial charge in [-0.2, -0.15) is 4.98 Å². The molecule has 0 aliphatic carbocycles. The Balaban J connectivity index is 1.28. The number of aryl methyl sites for hydroxylation is 1. The molecular weight excluding hydrogens is 429 g/mol. The zero-order valence-electron chi connectivity index (χ0n) is 18.2. The van der Waals surface area contributed by atoms with Crippen LogP contribution in [0.2, 0.25) is 0 Å². The number of piperazine rings is 1. The minimum Gasteiger partial charge on any atom is -0.381 e. The average Bonchev–Trinajstić information content (AvgIpc) is 3.45. The van der Waals surface area contributed by atoms with E-state index in [0.29, 0.717) is 23.8 Å². The topological polar surface area (TPSA) is 70.6 Å². The zero-order chi connectivity index (χ0) is 21.8. The zero-order valence-corrected chi connectivity index (χ0v) is 19.0. The molecule has 4 atom stereocenters. The lowest BCUT2D eigenvalue weighted by atomic mass is 10.0. The van der Waals surface area contributed by atoms with E-state index in [9.17, 15) is 8.60 Å². The summed E-state index contributed by atoms with van der Waals surface area (Å²) in [7, 11) is -1.04. The molecule has 0 amide bonds. The number of hydrogen-bond donors (Lipinski definition) is 1. The summed E-state index contributed by atoms with van der Waals surface area (Å²) in [5.41, 5.74) is 1.99. The summed E-state index contributed by atoms with van der Waals surface area (Å²) in [5.74, 6) is 2.37. The molecule has 2 aromatic rings. The van der Waals surface area contributed by atoms with Gasteiger partial charge >= 0.3 is 0 Å². The van der Waals surface area contributed by atoms with Crippen molar-refractivity contribution in [2.45, 2.75) is 49.2 Å². The van der Waals surface area contributed by atoms with Gasteiger partial charge in [-0.3, -0.25) is 4.21 Å². The van der Waals surface area contributed by atoms with Crippen molar-refractivity contribution in [1.29, 1.82) is 0 Å². The van der Waals surface area contributed by atoms with Crippen LogP contribution in [0.1, 0.15) is 25.5 Å². The second kappa shape index (κ2) is 7.95. The molecule has 3 fully saturated rings. The van der Waals surface area contributed by atoms with Gasteiger partial charge in [0, 0.05) is 56.1 Å². The molecule has 0 radical (unpaired) electrons. The van der Waals surface area contributed by atoms with E-state index in [0.717, 1.165) is 73.6 Å². The Labute approximate surface area is 189 Å². The van der Waals surface area contributed by atoms with Crippen LogP contribution in [0.5, 0.6) is 0 Å². The van der Waals surface area contributed by atoms with Crippen molar-refractivity contribution in [2.24, 2.45) is 5.92 Å². The van der Waals surface area contributed by atoms with Gasteiger partial charge in [0.05, 0.1) is 28.6 Å². The molecule has 7 nitrogen and oxygen atoms in total. The molecule has 170 valence electrons. The summed E-state index contributed by atoms with van der Waals surface area (Å²) in [6.07, 6.45) is 2.59. The van der Waals surface area contributed by atoms with Crippen LogP contribution in [0.15, 0.2) is 29.2 Å². The van der Waals surface area contributed by atoms with E-state index in [1.807, 2.05) is 12.1 Å². The molecule has 3 saturated heterocycles. The van der Waals surface area contributed by atoms with Crippen molar-refractivity contribution in [1.82, 2.24) is 9.97 Å².